The second-order valence-corrected chi connectivity index (χ2v) is 5.04. The molecule has 0 fully saturated rings. The molecule has 0 spiro atoms. The van der Waals surface area contributed by atoms with Crippen LogP contribution in [0.3, 0.4) is 0 Å². The third-order valence-electron chi connectivity index (χ3n) is 3.58. The van der Waals surface area contributed by atoms with Crippen LogP contribution < -0.4 is 5.73 Å². The molecule has 1 aromatic heterocycles. The maximum atomic E-state index is 6.38. The van der Waals surface area contributed by atoms with E-state index in [0.717, 1.165) is 17.8 Å². The van der Waals surface area contributed by atoms with Gasteiger partial charge >= 0.3 is 0 Å². The molecule has 0 aliphatic heterocycles. The predicted molar refractivity (Wildman–Crippen MR) is 70.7 cm³/mol. The van der Waals surface area contributed by atoms with Gasteiger partial charge in [-0.05, 0) is 38.7 Å². The van der Waals surface area contributed by atoms with Crippen LogP contribution in [-0.4, -0.2) is 9.78 Å². The minimum Gasteiger partial charge on any atom is -0.319 e. The molecule has 17 heavy (non-hydrogen) atoms. The van der Waals surface area contributed by atoms with E-state index in [1.54, 1.807) is 0 Å². The maximum Gasteiger partial charge on any atom is 0.0682 e. The molecule has 1 aromatic rings. The molecule has 1 aliphatic carbocycles. The quantitative estimate of drug-likeness (QED) is 0.798. The number of nitrogens with zero attached hydrogens (tertiary/aromatic N) is 2. The van der Waals surface area contributed by atoms with Crippen molar-refractivity contribution in [2.45, 2.75) is 51.5 Å². The van der Waals surface area contributed by atoms with Crippen LogP contribution in [0.15, 0.2) is 17.7 Å². The summed E-state index contributed by atoms with van der Waals surface area (Å²) in [5, 5.41) is 4.38. The summed E-state index contributed by atoms with van der Waals surface area (Å²) in [5.74, 6) is 0. The predicted octanol–water partition coefficient (Wildman–Crippen LogP) is 3.01. The molecule has 1 aliphatic rings. The van der Waals surface area contributed by atoms with Crippen molar-refractivity contribution >= 4 is 0 Å². The molecule has 2 rings (SSSR count). The SMILES string of the molecule is Cc1cc(C(N)/C2=C/CCCCCC2)n(C)n1. The van der Waals surface area contributed by atoms with Crippen molar-refractivity contribution in [2.24, 2.45) is 12.8 Å². The van der Waals surface area contributed by atoms with Crippen LogP contribution in [0.25, 0.3) is 0 Å². The Morgan fingerprint density at radius 2 is 2.06 bits per heavy atom. The van der Waals surface area contributed by atoms with E-state index in [4.69, 9.17) is 5.73 Å². The third-order valence-corrected chi connectivity index (χ3v) is 3.58. The van der Waals surface area contributed by atoms with Crippen LogP contribution in [-0.2, 0) is 7.05 Å². The average molecular weight is 233 g/mol. The smallest absolute Gasteiger partial charge is 0.0682 e. The van der Waals surface area contributed by atoms with Crippen LogP contribution in [0.1, 0.15) is 56.0 Å². The minimum absolute atomic E-state index is 0.0271. The summed E-state index contributed by atoms with van der Waals surface area (Å²) in [6, 6.07) is 2.13. The van der Waals surface area contributed by atoms with Crippen LogP contribution >= 0.6 is 0 Å². The molecule has 2 N–H and O–H groups in total. The van der Waals surface area contributed by atoms with Gasteiger partial charge in [0.1, 0.15) is 0 Å². The van der Waals surface area contributed by atoms with Gasteiger partial charge in [-0.3, -0.25) is 4.68 Å². The Labute approximate surface area is 104 Å². The first kappa shape index (κ1) is 12.4. The lowest BCUT2D eigenvalue weighted by Crippen LogP contribution is -2.17. The van der Waals surface area contributed by atoms with Crippen molar-refractivity contribution in [2.75, 3.05) is 0 Å². The van der Waals surface area contributed by atoms with Gasteiger partial charge < -0.3 is 5.73 Å². The van der Waals surface area contributed by atoms with Gasteiger partial charge in [-0.25, -0.2) is 0 Å². The lowest BCUT2D eigenvalue weighted by Gasteiger charge is -2.18. The number of allylic oxidation sites excluding steroid dienone is 1. The van der Waals surface area contributed by atoms with Crippen molar-refractivity contribution in [1.29, 1.82) is 0 Å². The normalized spacial score (nSPS) is 22.4. The number of aromatic nitrogens is 2. The van der Waals surface area contributed by atoms with E-state index in [1.807, 2.05) is 18.7 Å². The molecule has 0 radical (unpaired) electrons. The Bertz CT molecular complexity index is 404. The first-order chi connectivity index (χ1) is 8.18. The Morgan fingerprint density at radius 1 is 1.29 bits per heavy atom. The summed E-state index contributed by atoms with van der Waals surface area (Å²) in [7, 11) is 1.98. The molecular weight excluding hydrogens is 210 g/mol. The summed E-state index contributed by atoms with van der Waals surface area (Å²) in [4.78, 5) is 0. The number of aryl methyl sites for hydroxylation is 2. The summed E-state index contributed by atoms with van der Waals surface area (Å²) in [6.45, 7) is 2.02. The fraction of sp³-hybridized carbons (Fsp3) is 0.643. The number of nitrogens with two attached hydrogens (primary N) is 1. The third kappa shape index (κ3) is 2.97. The lowest BCUT2D eigenvalue weighted by molar-refractivity contribution is 0.586. The maximum absolute atomic E-state index is 6.38. The van der Waals surface area contributed by atoms with Crippen molar-refractivity contribution in [1.82, 2.24) is 9.78 Å². The average Bonchev–Trinajstić information content (AvgIpc) is 2.56. The second-order valence-electron chi connectivity index (χ2n) is 5.04. The van der Waals surface area contributed by atoms with Gasteiger partial charge in [-0.15, -0.1) is 0 Å². The van der Waals surface area contributed by atoms with Crippen molar-refractivity contribution in [3.05, 3.63) is 29.1 Å². The minimum atomic E-state index is 0.0271. The van der Waals surface area contributed by atoms with Crippen LogP contribution in [0.4, 0.5) is 0 Å². The molecule has 3 nitrogen and oxygen atoms in total. The summed E-state index contributed by atoms with van der Waals surface area (Å²) in [6.07, 6.45) is 9.97. The molecule has 0 bridgehead atoms. The van der Waals surface area contributed by atoms with Gasteiger partial charge in [0.15, 0.2) is 0 Å². The standard InChI is InChI=1S/C14H23N3/c1-11-10-13(17(2)16-11)14(15)12-8-6-4-3-5-7-9-12/h8,10,14H,3-7,9,15H2,1-2H3/b12-8+. The van der Waals surface area contributed by atoms with Gasteiger partial charge in [0.25, 0.3) is 0 Å². The van der Waals surface area contributed by atoms with E-state index in [2.05, 4.69) is 17.2 Å². The Kier molecular flexibility index (Phi) is 4.00. The molecule has 0 amide bonds. The molecule has 94 valence electrons. The van der Waals surface area contributed by atoms with Gasteiger partial charge in [0.05, 0.1) is 17.4 Å². The Hall–Kier alpha value is -1.09. The van der Waals surface area contributed by atoms with Gasteiger partial charge in [-0.1, -0.05) is 24.5 Å². The zero-order valence-corrected chi connectivity index (χ0v) is 10.9. The second kappa shape index (κ2) is 5.50. The first-order valence-electron chi connectivity index (χ1n) is 6.63. The molecule has 0 aromatic carbocycles. The van der Waals surface area contributed by atoms with E-state index in [1.165, 1.54) is 37.7 Å². The fourth-order valence-corrected chi connectivity index (χ4v) is 2.61. The highest BCUT2D eigenvalue weighted by Gasteiger charge is 2.16. The van der Waals surface area contributed by atoms with E-state index < -0.39 is 0 Å². The monoisotopic (exact) mass is 233 g/mol. The van der Waals surface area contributed by atoms with Gasteiger partial charge in [-0.2, -0.15) is 5.10 Å². The van der Waals surface area contributed by atoms with E-state index in [-0.39, 0.29) is 6.04 Å². The van der Waals surface area contributed by atoms with Crippen LogP contribution in [0.5, 0.6) is 0 Å². The van der Waals surface area contributed by atoms with Gasteiger partial charge in [0, 0.05) is 7.05 Å². The highest BCUT2D eigenvalue weighted by Crippen LogP contribution is 2.27. The summed E-state index contributed by atoms with van der Waals surface area (Å²) < 4.78 is 1.92. The molecule has 1 unspecified atom stereocenters. The molecule has 0 saturated heterocycles. The molecule has 1 heterocycles. The zero-order valence-electron chi connectivity index (χ0n) is 10.9. The topological polar surface area (TPSA) is 43.8 Å². The largest absolute Gasteiger partial charge is 0.319 e. The van der Waals surface area contributed by atoms with Gasteiger partial charge in [0.2, 0.25) is 0 Å². The molecular formula is C14H23N3. The molecule has 1 atom stereocenters. The van der Waals surface area contributed by atoms with E-state index in [9.17, 15) is 0 Å². The summed E-state index contributed by atoms with van der Waals surface area (Å²) in [5.41, 5.74) is 9.95. The fourth-order valence-electron chi connectivity index (χ4n) is 2.61. The molecule has 0 saturated carbocycles. The highest BCUT2D eigenvalue weighted by molar-refractivity contribution is 5.24. The number of hydrogen-bond donors (Lipinski definition) is 1. The zero-order chi connectivity index (χ0) is 12.3. The Morgan fingerprint density at radius 3 is 2.76 bits per heavy atom. The Balaban J connectivity index is 2.17. The lowest BCUT2D eigenvalue weighted by atomic mass is 9.94. The van der Waals surface area contributed by atoms with E-state index in [0.29, 0.717) is 0 Å². The van der Waals surface area contributed by atoms with Crippen molar-refractivity contribution in [3.8, 4) is 0 Å². The van der Waals surface area contributed by atoms with Crippen LogP contribution in [0, 0.1) is 6.92 Å². The van der Waals surface area contributed by atoms with Crippen molar-refractivity contribution < 1.29 is 0 Å². The van der Waals surface area contributed by atoms with Crippen LogP contribution in [0.2, 0.25) is 0 Å². The van der Waals surface area contributed by atoms with Crippen molar-refractivity contribution in [3.63, 3.8) is 0 Å². The van der Waals surface area contributed by atoms with E-state index >= 15 is 0 Å². The summed E-state index contributed by atoms with van der Waals surface area (Å²) >= 11 is 0. The number of rotatable bonds is 2. The highest BCUT2D eigenvalue weighted by atomic mass is 15.3. The molecule has 3 heteroatoms. The first-order valence-corrected chi connectivity index (χ1v) is 6.63. The number of hydrogen-bond acceptors (Lipinski definition) is 2.